The molecule has 4 rings (SSSR count). The highest BCUT2D eigenvalue weighted by atomic mass is 19.2. The Morgan fingerprint density at radius 2 is 1.42 bits per heavy atom. The molecule has 5 heteroatoms. The number of benzene rings is 3. The molecule has 3 aromatic carbocycles. The standard InChI is InChI=1S/C28H27F3O2/c1-32-22-12-9-20(10-13-22)25-15-11-21(27(30)28(25)31)8-5-18-3-6-19(7-4-18)24-16-14-23(33-2)17-26(24)29/h5,8-19H,3-4,6-7H2,1-2H3/b8-5+. The van der Waals surface area contributed by atoms with Gasteiger partial charge in [0.15, 0.2) is 11.6 Å². The molecule has 1 fully saturated rings. The fourth-order valence-electron chi connectivity index (χ4n) is 4.51. The highest BCUT2D eigenvalue weighted by Crippen LogP contribution is 2.38. The number of rotatable bonds is 6. The summed E-state index contributed by atoms with van der Waals surface area (Å²) in [5.41, 5.74) is 1.76. The summed E-state index contributed by atoms with van der Waals surface area (Å²) in [5, 5.41) is 0. The summed E-state index contributed by atoms with van der Waals surface area (Å²) in [7, 11) is 3.08. The summed E-state index contributed by atoms with van der Waals surface area (Å²) in [4.78, 5) is 0. The van der Waals surface area contributed by atoms with Crippen LogP contribution in [0.2, 0.25) is 0 Å². The second-order valence-corrected chi connectivity index (χ2v) is 8.42. The van der Waals surface area contributed by atoms with E-state index >= 15 is 0 Å². The summed E-state index contributed by atoms with van der Waals surface area (Å²) in [6.07, 6.45) is 7.07. The molecule has 0 radical (unpaired) electrons. The van der Waals surface area contributed by atoms with Gasteiger partial charge in [-0.15, -0.1) is 0 Å². The van der Waals surface area contributed by atoms with Gasteiger partial charge >= 0.3 is 0 Å². The van der Waals surface area contributed by atoms with E-state index in [1.54, 1.807) is 61.7 Å². The Morgan fingerprint density at radius 1 is 0.758 bits per heavy atom. The van der Waals surface area contributed by atoms with Crippen LogP contribution in [0.1, 0.15) is 42.7 Å². The minimum Gasteiger partial charge on any atom is -0.497 e. The van der Waals surface area contributed by atoms with Crippen molar-refractivity contribution in [2.75, 3.05) is 14.2 Å². The van der Waals surface area contributed by atoms with Crippen molar-refractivity contribution in [1.82, 2.24) is 0 Å². The molecule has 1 aliphatic carbocycles. The lowest BCUT2D eigenvalue weighted by Crippen LogP contribution is -2.13. The Hall–Kier alpha value is -3.21. The maximum absolute atomic E-state index is 14.7. The van der Waals surface area contributed by atoms with Gasteiger partial charge in [0.25, 0.3) is 0 Å². The van der Waals surface area contributed by atoms with Gasteiger partial charge in [0.1, 0.15) is 17.3 Å². The quantitative estimate of drug-likeness (QED) is 0.380. The minimum atomic E-state index is -0.860. The molecule has 2 nitrogen and oxygen atoms in total. The molecule has 0 aromatic heterocycles. The van der Waals surface area contributed by atoms with Crippen LogP contribution in [0.5, 0.6) is 11.5 Å². The second-order valence-electron chi connectivity index (χ2n) is 8.42. The van der Waals surface area contributed by atoms with Crippen LogP contribution >= 0.6 is 0 Å². The lowest BCUT2D eigenvalue weighted by molar-refractivity contribution is 0.367. The zero-order chi connectivity index (χ0) is 23.4. The van der Waals surface area contributed by atoms with Gasteiger partial charge in [-0.3, -0.25) is 0 Å². The first kappa shape index (κ1) is 23.0. The molecule has 0 amide bonds. The average Bonchev–Trinajstić information content (AvgIpc) is 2.85. The topological polar surface area (TPSA) is 18.5 Å². The van der Waals surface area contributed by atoms with E-state index in [4.69, 9.17) is 9.47 Å². The van der Waals surface area contributed by atoms with Crippen molar-refractivity contribution >= 4 is 6.08 Å². The summed E-state index contributed by atoms with van der Waals surface area (Å²) in [5.74, 6) is -0.356. The fraction of sp³-hybridized carbons (Fsp3) is 0.286. The third-order valence-electron chi connectivity index (χ3n) is 6.48. The van der Waals surface area contributed by atoms with Crippen LogP contribution in [0.15, 0.2) is 60.7 Å². The van der Waals surface area contributed by atoms with Crippen LogP contribution in [0, 0.1) is 23.4 Å². The van der Waals surface area contributed by atoms with Gasteiger partial charge in [-0.2, -0.15) is 0 Å². The number of hydrogen-bond donors (Lipinski definition) is 0. The van der Waals surface area contributed by atoms with Crippen molar-refractivity contribution in [2.45, 2.75) is 31.6 Å². The molecule has 33 heavy (non-hydrogen) atoms. The summed E-state index contributed by atoms with van der Waals surface area (Å²) in [6.45, 7) is 0. The molecule has 1 aliphatic rings. The largest absolute Gasteiger partial charge is 0.497 e. The number of methoxy groups -OCH3 is 2. The normalized spacial score (nSPS) is 18.5. The molecule has 0 N–H and O–H groups in total. The zero-order valence-corrected chi connectivity index (χ0v) is 18.8. The molecule has 0 heterocycles. The zero-order valence-electron chi connectivity index (χ0n) is 18.8. The van der Waals surface area contributed by atoms with Crippen molar-refractivity contribution in [3.63, 3.8) is 0 Å². The molecule has 0 bridgehead atoms. The fourth-order valence-corrected chi connectivity index (χ4v) is 4.51. The van der Waals surface area contributed by atoms with Gasteiger partial charge < -0.3 is 9.47 Å². The third kappa shape index (κ3) is 5.08. The molecule has 0 aliphatic heterocycles. The van der Waals surface area contributed by atoms with E-state index in [9.17, 15) is 13.2 Å². The first-order valence-electron chi connectivity index (χ1n) is 11.1. The van der Waals surface area contributed by atoms with Crippen LogP contribution in [0.3, 0.4) is 0 Å². The number of allylic oxidation sites excluding steroid dienone is 1. The Morgan fingerprint density at radius 3 is 2.06 bits per heavy atom. The maximum atomic E-state index is 14.7. The van der Waals surface area contributed by atoms with Gasteiger partial charge in [0.05, 0.1) is 14.2 Å². The summed E-state index contributed by atoms with van der Waals surface area (Å²) in [6, 6.07) is 15.1. The first-order chi connectivity index (χ1) is 16.0. The molecule has 0 spiro atoms. The first-order valence-corrected chi connectivity index (χ1v) is 11.1. The number of ether oxygens (including phenoxy) is 2. The average molecular weight is 453 g/mol. The van der Waals surface area contributed by atoms with Crippen molar-refractivity contribution in [2.24, 2.45) is 5.92 Å². The Balaban J connectivity index is 1.42. The molecule has 3 aromatic rings. The highest BCUT2D eigenvalue weighted by Gasteiger charge is 2.23. The molecule has 172 valence electrons. The molecule has 0 atom stereocenters. The van der Waals surface area contributed by atoms with Crippen molar-refractivity contribution in [1.29, 1.82) is 0 Å². The maximum Gasteiger partial charge on any atom is 0.167 e. The van der Waals surface area contributed by atoms with Gasteiger partial charge in [-0.25, -0.2) is 13.2 Å². The van der Waals surface area contributed by atoms with Crippen LogP contribution in [0.25, 0.3) is 17.2 Å². The van der Waals surface area contributed by atoms with Gasteiger partial charge in [-0.1, -0.05) is 42.5 Å². The number of hydrogen-bond acceptors (Lipinski definition) is 2. The Kier molecular flexibility index (Phi) is 7.07. The smallest absolute Gasteiger partial charge is 0.167 e. The van der Waals surface area contributed by atoms with Gasteiger partial charge in [-0.05, 0) is 66.8 Å². The van der Waals surface area contributed by atoms with E-state index in [0.29, 0.717) is 17.1 Å². The van der Waals surface area contributed by atoms with Crippen molar-refractivity contribution in [3.05, 3.63) is 89.3 Å². The summed E-state index contributed by atoms with van der Waals surface area (Å²) >= 11 is 0. The highest BCUT2D eigenvalue weighted by molar-refractivity contribution is 5.67. The SMILES string of the molecule is COc1ccc(-c2ccc(/C=C/C3CCC(c4ccc(OC)cc4F)CC3)c(F)c2F)cc1. The third-order valence-corrected chi connectivity index (χ3v) is 6.48. The van der Waals surface area contributed by atoms with E-state index in [1.165, 1.54) is 13.2 Å². The monoisotopic (exact) mass is 452 g/mol. The lowest BCUT2D eigenvalue weighted by atomic mass is 9.78. The lowest BCUT2D eigenvalue weighted by Gasteiger charge is -2.27. The van der Waals surface area contributed by atoms with E-state index in [2.05, 4.69) is 0 Å². The van der Waals surface area contributed by atoms with Gasteiger partial charge in [0, 0.05) is 17.2 Å². The predicted molar refractivity (Wildman–Crippen MR) is 125 cm³/mol. The predicted octanol–water partition coefficient (Wildman–Crippen LogP) is 7.78. The van der Waals surface area contributed by atoms with E-state index in [0.717, 1.165) is 31.2 Å². The van der Waals surface area contributed by atoms with Crippen LogP contribution in [-0.4, -0.2) is 14.2 Å². The van der Waals surface area contributed by atoms with E-state index in [-0.39, 0.29) is 28.8 Å². The molecular weight excluding hydrogens is 425 g/mol. The second kappa shape index (κ2) is 10.2. The van der Waals surface area contributed by atoms with Crippen LogP contribution in [-0.2, 0) is 0 Å². The molecule has 0 saturated heterocycles. The number of halogens is 3. The van der Waals surface area contributed by atoms with Crippen molar-refractivity contribution in [3.8, 4) is 22.6 Å². The summed E-state index contributed by atoms with van der Waals surface area (Å²) < 4.78 is 54.1. The molecular formula is C28H27F3O2. The minimum absolute atomic E-state index is 0.165. The van der Waals surface area contributed by atoms with Crippen LogP contribution in [0.4, 0.5) is 13.2 Å². The van der Waals surface area contributed by atoms with Crippen LogP contribution < -0.4 is 9.47 Å². The van der Waals surface area contributed by atoms with E-state index in [1.807, 2.05) is 6.08 Å². The Bertz CT molecular complexity index is 1130. The molecule has 0 unspecified atom stereocenters. The molecule has 1 saturated carbocycles. The van der Waals surface area contributed by atoms with Crippen molar-refractivity contribution < 1.29 is 22.6 Å². The Labute approximate surface area is 192 Å². The van der Waals surface area contributed by atoms with E-state index < -0.39 is 11.6 Å². The van der Waals surface area contributed by atoms with Gasteiger partial charge in [0.2, 0.25) is 0 Å².